The Bertz CT molecular complexity index is 790. The lowest BCUT2D eigenvalue weighted by Crippen LogP contribution is -2.10. The van der Waals surface area contributed by atoms with E-state index in [-0.39, 0.29) is 5.56 Å². The van der Waals surface area contributed by atoms with Crippen LogP contribution in [0.3, 0.4) is 0 Å². The van der Waals surface area contributed by atoms with Crippen LogP contribution in [0.15, 0.2) is 48.9 Å². The zero-order valence-corrected chi connectivity index (χ0v) is 12.3. The normalized spacial score (nSPS) is 11.6. The Labute approximate surface area is 127 Å². The van der Waals surface area contributed by atoms with Crippen molar-refractivity contribution in [3.05, 3.63) is 60.0 Å². The van der Waals surface area contributed by atoms with Gasteiger partial charge in [0.25, 0.3) is 5.92 Å². The molecule has 0 fully saturated rings. The molecule has 3 nitrogen and oxygen atoms in total. The maximum absolute atomic E-state index is 13.7. The molecule has 0 spiro atoms. The second-order valence-corrected chi connectivity index (χ2v) is 5.34. The van der Waals surface area contributed by atoms with Gasteiger partial charge in [-0.2, -0.15) is 5.10 Å². The van der Waals surface area contributed by atoms with Crippen molar-refractivity contribution < 1.29 is 8.78 Å². The molecule has 0 radical (unpaired) electrons. The van der Waals surface area contributed by atoms with Crippen molar-refractivity contribution in [1.29, 1.82) is 0 Å². The van der Waals surface area contributed by atoms with Crippen LogP contribution in [0.4, 0.5) is 8.78 Å². The molecule has 2 aromatic heterocycles. The summed E-state index contributed by atoms with van der Waals surface area (Å²) in [5.74, 6) is -2.88. The third-order valence-corrected chi connectivity index (χ3v) is 3.57. The summed E-state index contributed by atoms with van der Waals surface area (Å²) in [4.78, 5) is 4.29. The third kappa shape index (κ3) is 2.74. The predicted molar refractivity (Wildman–Crippen MR) is 81.6 cm³/mol. The molecule has 3 aromatic rings. The van der Waals surface area contributed by atoms with Crippen LogP contribution >= 0.6 is 0 Å². The largest absolute Gasteiger partial charge is 0.285 e. The zero-order valence-electron chi connectivity index (χ0n) is 12.3. The molecule has 0 amide bonds. The Morgan fingerprint density at radius 3 is 2.50 bits per heavy atom. The molecule has 0 aliphatic rings. The van der Waals surface area contributed by atoms with Gasteiger partial charge in [-0.15, -0.1) is 0 Å². The molecule has 0 unspecified atom stereocenters. The molecule has 22 heavy (non-hydrogen) atoms. The highest BCUT2D eigenvalue weighted by molar-refractivity contribution is 5.71. The van der Waals surface area contributed by atoms with E-state index in [1.807, 2.05) is 24.3 Å². The number of H-pyrrole nitrogens is 1. The second kappa shape index (κ2) is 5.33. The standard InChI is InChI=1S/C17H15F2N3/c1-11-8-20-16(7-15(11)17(2,18)19)13-5-3-4-12(6-13)14-9-21-22-10-14/h3-10H,1-2H3,(H,21,22). The predicted octanol–water partition coefficient (Wildman–Crippen LogP) is 4.56. The lowest BCUT2D eigenvalue weighted by atomic mass is 10.00. The van der Waals surface area contributed by atoms with Crippen LogP contribution in [0.5, 0.6) is 0 Å². The second-order valence-electron chi connectivity index (χ2n) is 5.34. The van der Waals surface area contributed by atoms with Crippen molar-refractivity contribution in [3.8, 4) is 22.4 Å². The van der Waals surface area contributed by atoms with Gasteiger partial charge in [-0.1, -0.05) is 18.2 Å². The van der Waals surface area contributed by atoms with Crippen LogP contribution in [0, 0.1) is 6.92 Å². The van der Waals surface area contributed by atoms with Gasteiger partial charge in [0.1, 0.15) is 0 Å². The molecule has 0 saturated carbocycles. The first-order valence-corrected chi connectivity index (χ1v) is 6.89. The molecule has 112 valence electrons. The highest BCUT2D eigenvalue weighted by Gasteiger charge is 2.27. The third-order valence-electron chi connectivity index (χ3n) is 3.57. The molecule has 0 aliphatic heterocycles. The Morgan fingerprint density at radius 2 is 1.82 bits per heavy atom. The molecule has 0 atom stereocenters. The first-order valence-electron chi connectivity index (χ1n) is 6.89. The van der Waals surface area contributed by atoms with Crippen molar-refractivity contribution in [2.45, 2.75) is 19.8 Å². The van der Waals surface area contributed by atoms with E-state index in [2.05, 4.69) is 15.2 Å². The minimum Gasteiger partial charge on any atom is -0.285 e. The lowest BCUT2D eigenvalue weighted by molar-refractivity contribution is 0.0168. The number of hydrogen-bond acceptors (Lipinski definition) is 2. The Hall–Kier alpha value is -2.56. The van der Waals surface area contributed by atoms with Gasteiger partial charge in [0, 0.05) is 36.0 Å². The average molecular weight is 299 g/mol. The van der Waals surface area contributed by atoms with Crippen molar-refractivity contribution in [2.75, 3.05) is 0 Å². The van der Waals surface area contributed by atoms with E-state index in [9.17, 15) is 8.78 Å². The summed E-state index contributed by atoms with van der Waals surface area (Å²) < 4.78 is 27.3. The number of halogens is 2. The molecular formula is C17H15F2N3. The van der Waals surface area contributed by atoms with Gasteiger partial charge in [-0.3, -0.25) is 10.1 Å². The number of benzene rings is 1. The summed E-state index contributed by atoms with van der Waals surface area (Å²) >= 11 is 0. The summed E-state index contributed by atoms with van der Waals surface area (Å²) in [7, 11) is 0. The van der Waals surface area contributed by atoms with Gasteiger partial charge in [-0.05, 0) is 30.2 Å². The fourth-order valence-electron chi connectivity index (χ4n) is 2.42. The topological polar surface area (TPSA) is 41.6 Å². The van der Waals surface area contributed by atoms with Crippen LogP contribution in [0.25, 0.3) is 22.4 Å². The molecule has 1 aromatic carbocycles. The molecule has 0 saturated heterocycles. The van der Waals surface area contributed by atoms with E-state index >= 15 is 0 Å². The van der Waals surface area contributed by atoms with Crippen LogP contribution in [0.2, 0.25) is 0 Å². The molecular weight excluding hydrogens is 284 g/mol. The van der Waals surface area contributed by atoms with Crippen LogP contribution in [0.1, 0.15) is 18.1 Å². The minimum atomic E-state index is -2.88. The van der Waals surface area contributed by atoms with Crippen LogP contribution in [-0.2, 0) is 5.92 Å². The number of pyridine rings is 1. The van der Waals surface area contributed by atoms with E-state index in [0.717, 1.165) is 23.6 Å². The monoisotopic (exact) mass is 299 g/mol. The molecule has 5 heteroatoms. The van der Waals surface area contributed by atoms with Crippen molar-refractivity contribution >= 4 is 0 Å². The number of aryl methyl sites for hydroxylation is 1. The van der Waals surface area contributed by atoms with E-state index in [1.165, 1.54) is 12.3 Å². The van der Waals surface area contributed by atoms with Gasteiger partial charge in [0.15, 0.2) is 0 Å². The average Bonchev–Trinajstić information content (AvgIpc) is 3.01. The van der Waals surface area contributed by atoms with Gasteiger partial charge >= 0.3 is 0 Å². The fraction of sp³-hybridized carbons (Fsp3) is 0.176. The number of aromatic nitrogens is 3. The van der Waals surface area contributed by atoms with Gasteiger partial charge in [0.2, 0.25) is 0 Å². The number of nitrogens with zero attached hydrogens (tertiary/aromatic N) is 2. The summed E-state index contributed by atoms with van der Waals surface area (Å²) in [6.07, 6.45) is 4.99. The van der Waals surface area contributed by atoms with Crippen LogP contribution in [-0.4, -0.2) is 15.2 Å². The summed E-state index contributed by atoms with van der Waals surface area (Å²) in [6.45, 7) is 2.55. The molecule has 2 heterocycles. The quantitative estimate of drug-likeness (QED) is 0.770. The minimum absolute atomic E-state index is 0.00575. The maximum atomic E-state index is 13.7. The first kappa shape index (κ1) is 14.4. The van der Waals surface area contributed by atoms with Gasteiger partial charge in [-0.25, -0.2) is 8.78 Å². The Balaban J connectivity index is 2.07. The van der Waals surface area contributed by atoms with E-state index in [4.69, 9.17) is 0 Å². The summed E-state index contributed by atoms with van der Waals surface area (Å²) in [6, 6.07) is 9.06. The molecule has 0 bridgehead atoms. The first-order chi connectivity index (χ1) is 10.4. The number of alkyl halides is 2. The fourth-order valence-corrected chi connectivity index (χ4v) is 2.42. The van der Waals surface area contributed by atoms with Crippen LogP contribution < -0.4 is 0 Å². The van der Waals surface area contributed by atoms with Crippen molar-refractivity contribution in [3.63, 3.8) is 0 Å². The molecule has 1 N–H and O–H groups in total. The molecule has 3 rings (SSSR count). The lowest BCUT2D eigenvalue weighted by Gasteiger charge is -2.15. The maximum Gasteiger partial charge on any atom is 0.270 e. The number of nitrogens with one attached hydrogen (secondary N) is 1. The van der Waals surface area contributed by atoms with Gasteiger partial charge in [0.05, 0.1) is 11.9 Å². The van der Waals surface area contributed by atoms with Crippen molar-refractivity contribution in [2.24, 2.45) is 0 Å². The smallest absolute Gasteiger partial charge is 0.270 e. The van der Waals surface area contributed by atoms with Gasteiger partial charge < -0.3 is 0 Å². The Morgan fingerprint density at radius 1 is 1.05 bits per heavy atom. The van der Waals surface area contributed by atoms with E-state index in [0.29, 0.717) is 11.3 Å². The SMILES string of the molecule is Cc1cnc(-c2cccc(-c3cn[nH]c3)c2)cc1C(C)(F)F. The number of aromatic amines is 1. The van der Waals surface area contributed by atoms with E-state index in [1.54, 1.807) is 19.3 Å². The summed E-state index contributed by atoms with van der Waals surface area (Å²) in [5.41, 5.74) is 3.72. The highest BCUT2D eigenvalue weighted by atomic mass is 19.3. The number of rotatable bonds is 3. The Kier molecular flexibility index (Phi) is 3.48. The highest BCUT2D eigenvalue weighted by Crippen LogP contribution is 2.32. The molecule has 0 aliphatic carbocycles. The van der Waals surface area contributed by atoms with Crippen molar-refractivity contribution in [1.82, 2.24) is 15.2 Å². The van der Waals surface area contributed by atoms with E-state index < -0.39 is 5.92 Å². The zero-order chi connectivity index (χ0) is 15.7. The summed E-state index contributed by atoms with van der Waals surface area (Å²) in [5, 5.41) is 6.68. The number of hydrogen-bond donors (Lipinski definition) is 1.